The SMILES string of the molecule is COc1ccc(Cn2nc(N[C@H](C)CO)c3c(Oc4ccc(N)nc4)ccnc32)cc1. The number of nitrogens with one attached hydrogen (secondary N) is 1. The summed E-state index contributed by atoms with van der Waals surface area (Å²) in [6.45, 7) is 2.34. The molecule has 3 aromatic heterocycles. The monoisotopic (exact) mass is 420 g/mol. The van der Waals surface area contributed by atoms with Crippen LogP contribution in [-0.4, -0.2) is 44.6 Å². The number of benzene rings is 1. The minimum atomic E-state index is -0.196. The Kier molecular flexibility index (Phi) is 5.85. The predicted molar refractivity (Wildman–Crippen MR) is 119 cm³/mol. The number of nitrogens with zero attached hydrogens (tertiary/aromatic N) is 4. The average Bonchev–Trinajstić information content (AvgIpc) is 3.13. The normalized spacial score (nSPS) is 12.0. The zero-order valence-corrected chi connectivity index (χ0v) is 17.3. The van der Waals surface area contributed by atoms with Crippen LogP contribution in [0.2, 0.25) is 0 Å². The molecule has 9 heteroatoms. The van der Waals surface area contributed by atoms with Crippen molar-refractivity contribution < 1.29 is 14.6 Å². The van der Waals surface area contributed by atoms with Crippen LogP contribution in [0.25, 0.3) is 11.0 Å². The van der Waals surface area contributed by atoms with Gasteiger partial charge in [-0.15, -0.1) is 0 Å². The number of aliphatic hydroxyl groups is 1. The molecule has 0 saturated heterocycles. The Morgan fingerprint density at radius 3 is 2.55 bits per heavy atom. The van der Waals surface area contributed by atoms with Gasteiger partial charge in [-0.2, -0.15) is 5.10 Å². The van der Waals surface area contributed by atoms with E-state index >= 15 is 0 Å². The van der Waals surface area contributed by atoms with Crippen LogP contribution in [0, 0.1) is 0 Å². The zero-order valence-electron chi connectivity index (χ0n) is 17.3. The summed E-state index contributed by atoms with van der Waals surface area (Å²) >= 11 is 0. The highest BCUT2D eigenvalue weighted by molar-refractivity contribution is 5.93. The Morgan fingerprint density at radius 1 is 1.10 bits per heavy atom. The second kappa shape index (κ2) is 8.88. The van der Waals surface area contributed by atoms with Gasteiger partial charge >= 0.3 is 0 Å². The summed E-state index contributed by atoms with van der Waals surface area (Å²) in [5, 5.41) is 18.2. The molecule has 0 radical (unpaired) electrons. The van der Waals surface area contributed by atoms with Crippen molar-refractivity contribution in [3.63, 3.8) is 0 Å². The number of rotatable bonds is 8. The Morgan fingerprint density at radius 2 is 1.87 bits per heavy atom. The molecule has 0 aliphatic rings. The van der Waals surface area contributed by atoms with Crippen molar-refractivity contribution in [1.82, 2.24) is 19.7 Å². The van der Waals surface area contributed by atoms with Gasteiger partial charge in [0, 0.05) is 18.3 Å². The summed E-state index contributed by atoms with van der Waals surface area (Å²) in [4.78, 5) is 8.61. The fraction of sp³-hybridized carbons (Fsp3) is 0.227. The number of nitrogens with two attached hydrogens (primary N) is 1. The predicted octanol–water partition coefficient (Wildman–Crippen LogP) is 3.05. The molecule has 3 heterocycles. The lowest BCUT2D eigenvalue weighted by atomic mass is 10.2. The van der Waals surface area contributed by atoms with Gasteiger partial charge in [-0.1, -0.05) is 12.1 Å². The minimum absolute atomic E-state index is 0.0365. The highest BCUT2D eigenvalue weighted by Crippen LogP contribution is 2.34. The number of ether oxygens (including phenoxy) is 2. The highest BCUT2D eigenvalue weighted by atomic mass is 16.5. The summed E-state index contributed by atoms with van der Waals surface area (Å²) < 4.78 is 13.1. The van der Waals surface area contributed by atoms with Crippen molar-refractivity contribution in [2.24, 2.45) is 0 Å². The molecule has 31 heavy (non-hydrogen) atoms. The first-order valence-electron chi connectivity index (χ1n) is 9.82. The van der Waals surface area contributed by atoms with Crippen molar-refractivity contribution in [2.45, 2.75) is 19.5 Å². The first kappa shape index (κ1) is 20.4. The molecule has 4 rings (SSSR count). The molecule has 1 aromatic carbocycles. The molecule has 0 aliphatic carbocycles. The Hall–Kier alpha value is -3.85. The van der Waals surface area contributed by atoms with E-state index in [-0.39, 0.29) is 12.6 Å². The molecule has 0 saturated carbocycles. The number of hydrogen-bond donors (Lipinski definition) is 3. The van der Waals surface area contributed by atoms with Crippen LogP contribution in [0.4, 0.5) is 11.6 Å². The zero-order chi connectivity index (χ0) is 21.8. The van der Waals surface area contributed by atoms with Crippen LogP contribution in [0.15, 0.2) is 54.9 Å². The number of aliphatic hydroxyl groups excluding tert-OH is 1. The molecule has 0 spiro atoms. The first-order valence-corrected chi connectivity index (χ1v) is 9.82. The van der Waals surface area contributed by atoms with Gasteiger partial charge in [0.15, 0.2) is 11.5 Å². The van der Waals surface area contributed by atoms with Crippen LogP contribution in [0.3, 0.4) is 0 Å². The van der Waals surface area contributed by atoms with Crippen molar-refractivity contribution in [1.29, 1.82) is 0 Å². The Labute approximate surface area is 179 Å². The summed E-state index contributed by atoms with van der Waals surface area (Å²) in [5.74, 6) is 2.91. The van der Waals surface area contributed by atoms with E-state index in [2.05, 4.69) is 15.3 Å². The standard InChI is InChI=1S/C22H24N6O3/c1-14(13-29)26-21-20-18(31-17-7-8-19(23)25-11-17)9-10-24-22(20)28(27-21)12-15-3-5-16(30-2)6-4-15/h3-11,14,29H,12-13H2,1-2H3,(H2,23,25)(H,26,27)/t14-/m1/s1. The van der Waals surface area contributed by atoms with Crippen molar-refractivity contribution in [3.8, 4) is 17.2 Å². The maximum absolute atomic E-state index is 9.51. The lowest BCUT2D eigenvalue weighted by Gasteiger charge is -2.11. The number of hydrogen-bond acceptors (Lipinski definition) is 8. The van der Waals surface area contributed by atoms with E-state index in [0.29, 0.717) is 40.7 Å². The topological polar surface area (TPSA) is 120 Å². The molecule has 0 fully saturated rings. The second-order valence-corrected chi connectivity index (χ2v) is 7.11. The number of nitrogen functional groups attached to an aromatic ring is 1. The van der Waals surface area contributed by atoms with Gasteiger partial charge in [-0.25, -0.2) is 14.6 Å². The molecule has 1 atom stereocenters. The lowest BCUT2D eigenvalue weighted by molar-refractivity contribution is 0.281. The number of fused-ring (bicyclic) bond motifs is 1. The number of methoxy groups -OCH3 is 1. The smallest absolute Gasteiger partial charge is 0.164 e. The summed E-state index contributed by atoms with van der Waals surface area (Å²) in [7, 11) is 1.64. The van der Waals surface area contributed by atoms with E-state index in [9.17, 15) is 5.11 Å². The van der Waals surface area contributed by atoms with Gasteiger partial charge in [0.1, 0.15) is 28.5 Å². The lowest BCUT2D eigenvalue weighted by Crippen LogP contribution is -2.20. The molecule has 0 aliphatic heterocycles. The van der Waals surface area contributed by atoms with Crippen molar-refractivity contribution >= 4 is 22.7 Å². The van der Waals surface area contributed by atoms with Crippen LogP contribution in [0.5, 0.6) is 17.2 Å². The quantitative estimate of drug-likeness (QED) is 0.398. The molecular formula is C22H24N6O3. The van der Waals surface area contributed by atoms with Gasteiger partial charge < -0.3 is 25.6 Å². The fourth-order valence-corrected chi connectivity index (χ4v) is 3.13. The maximum Gasteiger partial charge on any atom is 0.164 e. The van der Waals surface area contributed by atoms with E-state index < -0.39 is 0 Å². The third-order valence-electron chi connectivity index (χ3n) is 4.73. The third-order valence-corrected chi connectivity index (χ3v) is 4.73. The van der Waals surface area contributed by atoms with Gasteiger partial charge in [0.25, 0.3) is 0 Å². The van der Waals surface area contributed by atoms with Gasteiger partial charge in [-0.05, 0) is 36.8 Å². The minimum Gasteiger partial charge on any atom is -0.497 e. The first-order chi connectivity index (χ1) is 15.1. The van der Waals surface area contributed by atoms with E-state index in [0.717, 1.165) is 11.3 Å². The molecule has 9 nitrogen and oxygen atoms in total. The van der Waals surface area contributed by atoms with E-state index in [1.807, 2.05) is 31.2 Å². The molecule has 4 aromatic rings. The average molecular weight is 420 g/mol. The fourth-order valence-electron chi connectivity index (χ4n) is 3.13. The third kappa shape index (κ3) is 4.51. The van der Waals surface area contributed by atoms with E-state index in [4.69, 9.17) is 20.3 Å². The molecular weight excluding hydrogens is 396 g/mol. The number of pyridine rings is 2. The van der Waals surface area contributed by atoms with Crippen molar-refractivity contribution in [2.75, 3.05) is 24.8 Å². The van der Waals surface area contributed by atoms with Crippen LogP contribution < -0.4 is 20.5 Å². The molecule has 0 unspecified atom stereocenters. The largest absolute Gasteiger partial charge is 0.497 e. The van der Waals surface area contributed by atoms with Crippen LogP contribution >= 0.6 is 0 Å². The van der Waals surface area contributed by atoms with Gasteiger partial charge in [-0.3, -0.25) is 0 Å². The van der Waals surface area contributed by atoms with Crippen LogP contribution in [0.1, 0.15) is 12.5 Å². The summed E-state index contributed by atoms with van der Waals surface area (Å²) in [5.41, 5.74) is 7.37. The number of anilines is 2. The van der Waals surface area contributed by atoms with Crippen LogP contribution in [-0.2, 0) is 6.54 Å². The number of aromatic nitrogens is 4. The van der Waals surface area contributed by atoms with Crippen molar-refractivity contribution in [3.05, 3.63) is 60.4 Å². The molecule has 0 bridgehead atoms. The highest BCUT2D eigenvalue weighted by Gasteiger charge is 2.19. The molecule has 0 amide bonds. The maximum atomic E-state index is 9.51. The Balaban J connectivity index is 1.75. The summed E-state index contributed by atoms with van der Waals surface area (Å²) in [6, 6.07) is 12.8. The second-order valence-electron chi connectivity index (χ2n) is 7.11. The molecule has 4 N–H and O–H groups in total. The van der Waals surface area contributed by atoms with Gasteiger partial charge in [0.05, 0.1) is 26.5 Å². The Bertz CT molecular complexity index is 1160. The van der Waals surface area contributed by atoms with Gasteiger partial charge in [0.2, 0.25) is 0 Å². The summed E-state index contributed by atoms with van der Waals surface area (Å²) in [6.07, 6.45) is 3.24. The molecule has 160 valence electrons. The van der Waals surface area contributed by atoms with E-state index in [1.54, 1.807) is 42.4 Å². The van der Waals surface area contributed by atoms with E-state index in [1.165, 1.54) is 0 Å².